The highest BCUT2D eigenvalue weighted by Crippen LogP contribution is 2.46. The molecule has 2 aliphatic rings. The lowest BCUT2D eigenvalue weighted by Gasteiger charge is -2.40. The first-order valence-electron chi connectivity index (χ1n) is 6.85. The maximum absolute atomic E-state index is 12.1. The summed E-state index contributed by atoms with van der Waals surface area (Å²) in [7, 11) is 1.68. The smallest absolute Gasteiger partial charge is 0.410 e. The van der Waals surface area contributed by atoms with Crippen molar-refractivity contribution in [2.24, 2.45) is 5.92 Å². The maximum Gasteiger partial charge on any atom is 0.410 e. The van der Waals surface area contributed by atoms with Gasteiger partial charge in [0.1, 0.15) is 12.4 Å². The molecule has 2 aliphatic heterocycles. The van der Waals surface area contributed by atoms with Crippen LogP contribution in [0.25, 0.3) is 0 Å². The number of cyclic esters (lactones) is 1. The van der Waals surface area contributed by atoms with Gasteiger partial charge in [-0.1, -0.05) is 29.8 Å². The highest BCUT2D eigenvalue weighted by Gasteiger charge is 2.46. The monoisotopic (exact) mass is 339 g/mol. The van der Waals surface area contributed by atoms with Crippen LogP contribution in [0.1, 0.15) is 31.0 Å². The summed E-state index contributed by atoms with van der Waals surface area (Å²) in [6.07, 6.45) is 0.601. The molecule has 0 N–H and O–H groups in total. The molecule has 3 rings (SSSR count). The number of benzene rings is 1. The minimum Gasteiger partial charge on any atom is -0.496 e. The van der Waals surface area contributed by atoms with Crippen LogP contribution in [0.2, 0.25) is 0 Å². The number of hydrogen-bond acceptors (Lipinski definition) is 3. The minimum absolute atomic E-state index is 0.00574. The normalized spacial score (nSPS) is 24.4. The van der Waals surface area contributed by atoms with E-state index in [9.17, 15) is 4.79 Å². The van der Waals surface area contributed by atoms with Crippen LogP contribution in [0.4, 0.5) is 4.79 Å². The van der Waals surface area contributed by atoms with E-state index in [1.54, 1.807) is 7.11 Å². The number of methoxy groups -OCH3 is 1. The lowest BCUT2D eigenvalue weighted by Crippen LogP contribution is -2.44. The summed E-state index contributed by atoms with van der Waals surface area (Å²) in [6.45, 7) is 4.73. The van der Waals surface area contributed by atoms with Gasteiger partial charge in [0.25, 0.3) is 0 Å². The van der Waals surface area contributed by atoms with Gasteiger partial charge in [-0.05, 0) is 30.0 Å². The van der Waals surface area contributed by atoms with Crippen molar-refractivity contribution in [3.63, 3.8) is 0 Å². The predicted molar refractivity (Wildman–Crippen MR) is 79.0 cm³/mol. The number of nitrogens with zero attached hydrogens (tertiary/aromatic N) is 1. The number of carbonyl (C=O) groups is 1. The second kappa shape index (κ2) is 4.95. The number of amides is 1. The fraction of sp³-hybridized carbons (Fsp3) is 0.533. The van der Waals surface area contributed by atoms with Gasteiger partial charge in [-0.3, -0.25) is 4.90 Å². The van der Waals surface area contributed by atoms with Crippen LogP contribution in [0, 0.1) is 5.92 Å². The van der Waals surface area contributed by atoms with Crippen molar-refractivity contribution in [2.75, 3.05) is 13.7 Å². The van der Waals surface area contributed by atoms with Crippen LogP contribution in [0.15, 0.2) is 16.6 Å². The van der Waals surface area contributed by atoms with Gasteiger partial charge in [0.2, 0.25) is 0 Å². The average Bonchev–Trinajstić information content (AvgIpc) is 2.79. The van der Waals surface area contributed by atoms with E-state index in [1.807, 2.05) is 17.0 Å². The van der Waals surface area contributed by atoms with Gasteiger partial charge >= 0.3 is 6.09 Å². The first-order valence-corrected chi connectivity index (χ1v) is 7.64. The van der Waals surface area contributed by atoms with Crippen molar-refractivity contribution in [2.45, 2.75) is 32.4 Å². The van der Waals surface area contributed by atoms with Gasteiger partial charge in [0.05, 0.1) is 19.2 Å². The molecule has 1 amide bonds. The molecule has 20 heavy (non-hydrogen) atoms. The second-order valence-corrected chi connectivity index (χ2v) is 6.53. The molecular formula is C15H18BrNO3. The molecule has 2 heterocycles. The minimum atomic E-state index is -0.207. The molecule has 0 spiro atoms. The summed E-state index contributed by atoms with van der Waals surface area (Å²) >= 11 is 3.63. The Morgan fingerprint density at radius 1 is 1.45 bits per heavy atom. The fourth-order valence-corrected chi connectivity index (χ4v) is 3.83. The van der Waals surface area contributed by atoms with Gasteiger partial charge < -0.3 is 9.47 Å². The Hall–Kier alpha value is -1.23. The largest absolute Gasteiger partial charge is 0.496 e. The van der Waals surface area contributed by atoms with E-state index in [4.69, 9.17) is 9.47 Å². The third-order valence-electron chi connectivity index (χ3n) is 4.15. The SMILES string of the molecule is COc1ccc(Br)c2c1[C@@H](C(C)C)N1C(=O)OC[C@@H]1C2. The van der Waals surface area contributed by atoms with E-state index >= 15 is 0 Å². The summed E-state index contributed by atoms with van der Waals surface area (Å²) in [5.74, 6) is 1.14. The molecule has 0 aromatic heterocycles. The number of fused-ring (bicyclic) bond motifs is 2. The van der Waals surface area contributed by atoms with E-state index in [2.05, 4.69) is 29.8 Å². The van der Waals surface area contributed by atoms with Crippen LogP contribution >= 0.6 is 15.9 Å². The van der Waals surface area contributed by atoms with Crippen LogP contribution in [0.5, 0.6) is 5.75 Å². The van der Waals surface area contributed by atoms with Crippen molar-refractivity contribution in [1.82, 2.24) is 4.90 Å². The molecular weight excluding hydrogens is 322 g/mol. The van der Waals surface area contributed by atoms with Crippen molar-refractivity contribution in [3.8, 4) is 5.75 Å². The lowest BCUT2D eigenvalue weighted by atomic mass is 9.83. The van der Waals surface area contributed by atoms with Crippen molar-refractivity contribution < 1.29 is 14.3 Å². The molecule has 1 aromatic rings. The maximum atomic E-state index is 12.1. The highest BCUT2D eigenvalue weighted by molar-refractivity contribution is 9.10. The molecule has 0 bridgehead atoms. The van der Waals surface area contributed by atoms with E-state index in [1.165, 1.54) is 5.56 Å². The predicted octanol–water partition coefficient (Wildman–Crippen LogP) is 3.53. The third-order valence-corrected chi connectivity index (χ3v) is 4.89. The fourth-order valence-electron chi connectivity index (χ4n) is 3.32. The van der Waals surface area contributed by atoms with E-state index in [0.717, 1.165) is 22.2 Å². The lowest BCUT2D eigenvalue weighted by molar-refractivity contribution is 0.124. The summed E-state index contributed by atoms with van der Waals surface area (Å²) < 4.78 is 11.9. The molecule has 108 valence electrons. The quantitative estimate of drug-likeness (QED) is 0.827. The Bertz CT molecular complexity index is 558. The van der Waals surface area contributed by atoms with Gasteiger partial charge in [0.15, 0.2) is 0 Å². The van der Waals surface area contributed by atoms with Crippen LogP contribution in [0.3, 0.4) is 0 Å². The van der Waals surface area contributed by atoms with Gasteiger partial charge in [-0.15, -0.1) is 0 Å². The van der Waals surface area contributed by atoms with Gasteiger partial charge in [0, 0.05) is 10.0 Å². The van der Waals surface area contributed by atoms with E-state index < -0.39 is 0 Å². The molecule has 1 fully saturated rings. The zero-order chi connectivity index (χ0) is 14.4. The number of ether oxygens (including phenoxy) is 2. The molecule has 2 atom stereocenters. The summed E-state index contributed by atoms with van der Waals surface area (Å²) in [5, 5.41) is 0. The number of carbonyl (C=O) groups excluding carboxylic acids is 1. The number of rotatable bonds is 2. The van der Waals surface area contributed by atoms with Gasteiger partial charge in [-0.25, -0.2) is 4.79 Å². The third kappa shape index (κ3) is 1.91. The molecule has 5 heteroatoms. The number of halogens is 1. The van der Waals surface area contributed by atoms with Crippen LogP contribution < -0.4 is 4.74 Å². The molecule has 0 saturated carbocycles. The Balaban J connectivity index is 2.20. The van der Waals surface area contributed by atoms with Crippen LogP contribution in [-0.2, 0) is 11.2 Å². The van der Waals surface area contributed by atoms with E-state index in [-0.39, 0.29) is 18.2 Å². The molecule has 0 unspecified atom stereocenters. The standard InChI is InChI=1S/C15H18BrNO3/c1-8(2)14-13-10(11(16)4-5-12(13)19-3)6-9-7-20-15(18)17(9)14/h4-5,8-9,14H,6-7H2,1-3H3/t9-,14+/m0/s1. The van der Waals surface area contributed by atoms with Crippen molar-refractivity contribution >= 4 is 22.0 Å². The Kier molecular flexibility index (Phi) is 3.40. The summed E-state index contributed by atoms with van der Waals surface area (Å²) in [5.41, 5.74) is 2.36. The zero-order valence-corrected chi connectivity index (χ0v) is 13.4. The molecule has 0 aliphatic carbocycles. The topological polar surface area (TPSA) is 38.8 Å². The molecule has 1 saturated heterocycles. The Labute approximate surface area is 127 Å². The van der Waals surface area contributed by atoms with Gasteiger partial charge in [-0.2, -0.15) is 0 Å². The molecule has 1 aromatic carbocycles. The zero-order valence-electron chi connectivity index (χ0n) is 11.9. The summed E-state index contributed by atoms with van der Waals surface area (Å²) in [4.78, 5) is 14.0. The summed E-state index contributed by atoms with van der Waals surface area (Å²) in [6, 6.07) is 4.11. The number of hydrogen-bond donors (Lipinski definition) is 0. The average molecular weight is 340 g/mol. The molecule has 4 nitrogen and oxygen atoms in total. The Morgan fingerprint density at radius 2 is 2.20 bits per heavy atom. The highest BCUT2D eigenvalue weighted by atomic mass is 79.9. The van der Waals surface area contributed by atoms with E-state index in [0.29, 0.717) is 12.5 Å². The Morgan fingerprint density at radius 3 is 2.85 bits per heavy atom. The first-order chi connectivity index (χ1) is 9.54. The van der Waals surface area contributed by atoms with Crippen molar-refractivity contribution in [1.29, 1.82) is 0 Å². The second-order valence-electron chi connectivity index (χ2n) is 5.67. The van der Waals surface area contributed by atoms with Crippen LogP contribution in [-0.4, -0.2) is 30.8 Å². The molecule has 0 radical (unpaired) electrons. The van der Waals surface area contributed by atoms with Crippen molar-refractivity contribution in [3.05, 3.63) is 27.7 Å². The first kappa shape index (κ1) is 13.7.